The van der Waals surface area contributed by atoms with Crippen LogP contribution in [0.15, 0.2) is 11.5 Å². The molecule has 0 aromatic rings. The molecule has 0 radical (unpaired) electrons. The molecule has 0 spiro atoms. The highest BCUT2D eigenvalue weighted by Gasteiger charge is 2.05. The van der Waals surface area contributed by atoms with Crippen LogP contribution >= 0.6 is 0 Å². The summed E-state index contributed by atoms with van der Waals surface area (Å²) in [4.78, 5) is 0. The van der Waals surface area contributed by atoms with E-state index in [1.54, 1.807) is 0 Å². The van der Waals surface area contributed by atoms with Gasteiger partial charge in [-0.05, 0) is 12.8 Å². The smallest absolute Gasteiger partial charge is 0.101 e. The first kappa shape index (κ1) is 12.8. The molecule has 1 N–H and O–H groups in total. The molecule has 2 nitrogen and oxygen atoms in total. The Bertz CT molecular complexity index is 171. The Kier molecular flexibility index (Phi) is 8.24. The third-order valence-corrected chi connectivity index (χ3v) is 2.72. The minimum Gasteiger partial charge on any atom is -0.392 e. The first-order chi connectivity index (χ1) is 6.20. The fraction of sp³-hybridized carbons (Fsp3) is 0.778. The Labute approximate surface area is 81.3 Å². The monoisotopic (exact) mass is 208 g/mol. The minimum atomic E-state index is -1.12. The van der Waals surface area contributed by atoms with Crippen LogP contribution in [0, 0.1) is 0 Å². The summed E-state index contributed by atoms with van der Waals surface area (Å²) in [6, 6.07) is 0. The van der Waals surface area contributed by atoms with Crippen LogP contribution in [-0.2, 0) is 10.8 Å². The Balaban J connectivity index is 3.51. The molecule has 4 heteroatoms. The van der Waals surface area contributed by atoms with Gasteiger partial charge >= 0.3 is 0 Å². The quantitative estimate of drug-likeness (QED) is 0.692. The highest BCUT2D eigenvalue weighted by molar-refractivity contribution is 7.87. The molecule has 0 bridgehead atoms. The predicted octanol–water partition coefficient (Wildman–Crippen LogP) is 1.77. The minimum absolute atomic E-state index is 0.111. The first-order valence-electron chi connectivity index (χ1n) is 4.49. The molecule has 0 fully saturated rings. The molecule has 0 saturated carbocycles. The van der Waals surface area contributed by atoms with Crippen LogP contribution < -0.4 is 0 Å². The van der Waals surface area contributed by atoms with E-state index in [1.165, 1.54) is 11.5 Å². The van der Waals surface area contributed by atoms with Crippen LogP contribution in [0.25, 0.3) is 0 Å². The SMILES string of the molecule is CCCC(F)CCS(=O)C=CCO. The van der Waals surface area contributed by atoms with Crippen molar-refractivity contribution in [1.29, 1.82) is 0 Å². The van der Waals surface area contributed by atoms with Gasteiger partial charge < -0.3 is 5.11 Å². The molecule has 78 valence electrons. The summed E-state index contributed by atoms with van der Waals surface area (Å²) in [7, 11) is -1.12. The zero-order valence-electron chi connectivity index (χ0n) is 7.91. The van der Waals surface area contributed by atoms with E-state index in [4.69, 9.17) is 5.11 Å². The number of hydrogen-bond donors (Lipinski definition) is 1. The van der Waals surface area contributed by atoms with Gasteiger partial charge in [0.15, 0.2) is 0 Å². The van der Waals surface area contributed by atoms with Crippen molar-refractivity contribution in [3.63, 3.8) is 0 Å². The molecular weight excluding hydrogens is 191 g/mol. The van der Waals surface area contributed by atoms with Crippen molar-refractivity contribution >= 4 is 10.8 Å². The van der Waals surface area contributed by atoms with E-state index in [-0.39, 0.29) is 6.61 Å². The lowest BCUT2D eigenvalue weighted by atomic mass is 10.2. The summed E-state index contributed by atoms with van der Waals surface area (Å²) in [5, 5.41) is 9.80. The summed E-state index contributed by atoms with van der Waals surface area (Å²) in [5.74, 6) is 0.345. The van der Waals surface area contributed by atoms with Gasteiger partial charge in [0, 0.05) is 22.0 Å². The largest absolute Gasteiger partial charge is 0.392 e. The highest BCUT2D eigenvalue weighted by atomic mass is 32.2. The van der Waals surface area contributed by atoms with E-state index in [2.05, 4.69) is 0 Å². The molecular formula is C9H17FO2S. The van der Waals surface area contributed by atoms with Gasteiger partial charge in [-0.1, -0.05) is 19.4 Å². The van der Waals surface area contributed by atoms with Crippen molar-refractivity contribution in [3.8, 4) is 0 Å². The molecule has 0 aromatic heterocycles. The average Bonchev–Trinajstić information content (AvgIpc) is 2.12. The lowest BCUT2D eigenvalue weighted by Gasteiger charge is -2.03. The first-order valence-corrected chi connectivity index (χ1v) is 5.87. The summed E-state index contributed by atoms with van der Waals surface area (Å²) >= 11 is 0. The van der Waals surface area contributed by atoms with E-state index in [0.717, 1.165) is 6.42 Å². The van der Waals surface area contributed by atoms with Crippen molar-refractivity contribution in [2.24, 2.45) is 0 Å². The van der Waals surface area contributed by atoms with E-state index in [9.17, 15) is 8.60 Å². The number of rotatable bonds is 7. The van der Waals surface area contributed by atoms with Crippen molar-refractivity contribution in [2.45, 2.75) is 32.4 Å². The molecule has 0 rings (SSSR count). The molecule has 2 unspecified atom stereocenters. The van der Waals surface area contributed by atoms with Gasteiger partial charge in [-0.25, -0.2) is 4.39 Å². The summed E-state index contributed by atoms with van der Waals surface area (Å²) < 4.78 is 23.9. The zero-order valence-corrected chi connectivity index (χ0v) is 8.73. The van der Waals surface area contributed by atoms with E-state index >= 15 is 0 Å². The van der Waals surface area contributed by atoms with Gasteiger partial charge in [0.25, 0.3) is 0 Å². The fourth-order valence-corrected chi connectivity index (χ4v) is 1.84. The van der Waals surface area contributed by atoms with Crippen LogP contribution in [0.4, 0.5) is 4.39 Å². The number of alkyl halides is 1. The van der Waals surface area contributed by atoms with Gasteiger partial charge in [0.05, 0.1) is 6.61 Å². The summed E-state index contributed by atoms with van der Waals surface area (Å²) in [5.41, 5.74) is 0. The molecule has 13 heavy (non-hydrogen) atoms. The van der Waals surface area contributed by atoms with Crippen molar-refractivity contribution in [1.82, 2.24) is 0 Å². The van der Waals surface area contributed by atoms with Gasteiger partial charge in [-0.3, -0.25) is 4.21 Å². The average molecular weight is 208 g/mol. The lowest BCUT2D eigenvalue weighted by molar-refractivity contribution is 0.305. The van der Waals surface area contributed by atoms with Crippen LogP contribution in [0.1, 0.15) is 26.2 Å². The molecule has 2 atom stereocenters. The Hall–Kier alpha value is -0.220. The molecule has 0 aliphatic rings. The van der Waals surface area contributed by atoms with Gasteiger partial charge in [0.1, 0.15) is 6.17 Å². The Morgan fingerprint density at radius 3 is 2.77 bits per heavy atom. The maximum Gasteiger partial charge on any atom is 0.101 e. The summed E-state index contributed by atoms with van der Waals surface area (Å²) in [6.45, 7) is 1.81. The fourth-order valence-electron chi connectivity index (χ4n) is 0.920. The Morgan fingerprint density at radius 1 is 1.54 bits per heavy atom. The standard InChI is InChI=1S/C9H17FO2S/c1-2-4-9(10)5-8-13(12)7-3-6-11/h3,7,9,11H,2,4-6,8H2,1H3. The maximum atomic E-state index is 12.9. The predicted molar refractivity (Wildman–Crippen MR) is 53.7 cm³/mol. The van der Waals surface area contributed by atoms with Crippen molar-refractivity contribution < 1.29 is 13.7 Å². The highest BCUT2D eigenvalue weighted by Crippen LogP contribution is 2.07. The van der Waals surface area contributed by atoms with Crippen molar-refractivity contribution in [2.75, 3.05) is 12.4 Å². The lowest BCUT2D eigenvalue weighted by Crippen LogP contribution is -2.05. The van der Waals surface area contributed by atoms with E-state index in [1.807, 2.05) is 6.92 Å². The van der Waals surface area contributed by atoms with Gasteiger partial charge in [-0.15, -0.1) is 0 Å². The normalized spacial score (nSPS) is 16.2. The molecule has 0 heterocycles. The molecule has 0 amide bonds. The van der Waals surface area contributed by atoms with Gasteiger partial charge in [-0.2, -0.15) is 0 Å². The second kappa shape index (κ2) is 8.38. The molecule has 0 aliphatic carbocycles. The third-order valence-electron chi connectivity index (χ3n) is 1.59. The number of aliphatic hydroxyl groups excluding tert-OH is 1. The molecule has 0 aromatic carbocycles. The second-order valence-corrected chi connectivity index (χ2v) is 4.26. The zero-order chi connectivity index (χ0) is 10.1. The van der Waals surface area contributed by atoms with Gasteiger partial charge in [0.2, 0.25) is 0 Å². The Morgan fingerprint density at radius 2 is 2.23 bits per heavy atom. The number of hydrogen-bond acceptors (Lipinski definition) is 2. The van der Waals surface area contributed by atoms with Crippen LogP contribution in [0.3, 0.4) is 0 Å². The third kappa shape index (κ3) is 8.12. The maximum absolute atomic E-state index is 12.9. The molecule has 0 saturated heterocycles. The van der Waals surface area contributed by atoms with Crippen molar-refractivity contribution in [3.05, 3.63) is 11.5 Å². The van der Waals surface area contributed by atoms with E-state index in [0.29, 0.717) is 18.6 Å². The van der Waals surface area contributed by atoms with E-state index < -0.39 is 17.0 Å². The van der Waals surface area contributed by atoms with Crippen LogP contribution in [0.2, 0.25) is 0 Å². The number of aliphatic hydroxyl groups is 1. The topological polar surface area (TPSA) is 37.3 Å². The van der Waals surface area contributed by atoms with Crippen LogP contribution in [-0.4, -0.2) is 27.8 Å². The number of halogens is 1. The van der Waals surface area contributed by atoms with Crippen LogP contribution in [0.5, 0.6) is 0 Å². The summed E-state index contributed by atoms with van der Waals surface area (Å²) in [6.07, 6.45) is 2.29. The second-order valence-electron chi connectivity index (χ2n) is 2.81. The molecule has 0 aliphatic heterocycles.